The van der Waals surface area contributed by atoms with Gasteiger partial charge in [-0.2, -0.15) is 0 Å². The van der Waals surface area contributed by atoms with E-state index in [0.717, 1.165) is 68.9 Å². The Balaban J connectivity index is 1.29. The topological polar surface area (TPSA) is 32.8 Å². The average Bonchev–Trinajstić information content (AvgIpc) is 2.76. The van der Waals surface area contributed by atoms with Crippen LogP contribution < -0.4 is 0 Å². The van der Waals surface area contributed by atoms with Gasteiger partial charge in [-0.25, -0.2) is 4.39 Å². The molecule has 0 atom stereocenters. The highest BCUT2D eigenvalue weighted by atomic mass is 19.1. The van der Waals surface area contributed by atoms with Crippen molar-refractivity contribution in [2.45, 2.75) is 25.3 Å². The van der Waals surface area contributed by atoms with Gasteiger partial charge in [-0.3, -0.25) is 9.69 Å². The second-order valence-corrected chi connectivity index (χ2v) is 7.64. The van der Waals surface area contributed by atoms with Crippen molar-refractivity contribution < 1.29 is 13.9 Å². The lowest BCUT2D eigenvalue weighted by molar-refractivity contribution is -0.132. The van der Waals surface area contributed by atoms with Gasteiger partial charge in [-0.1, -0.05) is 36.4 Å². The van der Waals surface area contributed by atoms with Crippen LogP contribution in [-0.2, 0) is 16.0 Å². The van der Waals surface area contributed by atoms with Crippen molar-refractivity contribution >= 4 is 5.91 Å². The van der Waals surface area contributed by atoms with Crippen molar-refractivity contribution in [1.29, 1.82) is 0 Å². The Morgan fingerprint density at radius 2 is 1.46 bits per heavy atom. The second kappa shape index (κ2) is 8.84. The Bertz CT molecular complexity index is 777. The number of halogens is 1. The first-order chi connectivity index (χ1) is 13.7. The van der Waals surface area contributed by atoms with E-state index in [4.69, 9.17) is 4.74 Å². The van der Waals surface area contributed by atoms with Crippen molar-refractivity contribution in [3.05, 3.63) is 59.9 Å². The number of carbonyl (C=O) groups excluding carboxylic acids is 1. The van der Waals surface area contributed by atoms with Crippen molar-refractivity contribution in [2.24, 2.45) is 0 Å². The first kappa shape index (κ1) is 19.1. The van der Waals surface area contributed by atoms with Crippen LogP contribution in [0.2, 0.25) is 0 Å². The van der Waals surface area contributed by atoms with Crippen LogP contribution in [0.15, 0.2) is 48.5 Å². The number of hydrogen-bond donors (Lipinski definition) is 0. The molecule has 0 aromatic heterocycles. The van der Waals surface area contributed by atoms with Gasteiger partial charge in [-0.05, 0) is 41.7 Å². The fourth-order valence-corrected chi connectivity index (χ4v) is 4.13. The van der Waals surface area contributed by atoms with Crippen molar-refractivity contribution in [3.63, 3.8) is 0 Å². The maximum absolute atomic E-state index is 13.1. The molecule has 5 heteroatoms. The molecule has 2 fully saturated rings. The molecule has 0 spiro atoms. The number of rotatable bonds is 4. The fourth-order valence-electron chi connectivity index (χ4n) is 4.13. The number of hydrogen-bond acceptors (Lipinski definition) is 3. The molecule has 2 aliphatic heterocycles. The van der Waals surface area contributed by atoms with Gasteiger partial charge in [0.25, 0.3) is 0 Å². The molecule has 2 saturated heterocycles. The molecule has 1 amide bonds. The molecule has 0 unspecified atom stereocenters. The molecule has 0 bridgehead atoms. The highest BCUT2D eigenvalue weighted by molar-refractivity contribution is 5.79. The van der Waals surface area contributed by atoms with E-state index in [0.29, 0.717) is 12.5 Å². The molecule has 4 nitrogen and oxygen atoms in total. The smallest absolute Gasteiger partial charge is 0.227 e. The molecule has 2 heterocycles. The van der Waals surface area contributed by atoms with E-state index < -0.39 is 0 Å². The summed E-state index contributed by atoms with van der Waals surface area (Å²) in [6, 6.07) is 15.1. The third kappa shape index (κ3) is 4.59. The largest absolute Gasteiger partial charge is 0.381 e. The molecule has 2 aromatic rings. The van der Waals surface area contributed by atoms with Crippen molar-refractivity contribution in [3.8, 4) is 11.1 Å². The molecular weight excluding hydrogens is 355 g/mol. The zero-order chi connectivity index (χ0) is 19.3. The average molecular weight is 382 g/mol. The van der Waals surface area contributed by atoms with Gasteiger partial charge in [0, 0.05) is 45.4 Å². The van der Waals surface area contributed by atoms with Crippen LogP contribution in [0.4, 0.5) is 4.39 Å². The highest BCUT2D eigenvalue weighted by Gasteiger charge is 2.27. The van der Waals surface area contributed by atoms with Gasteiger partial charge in [0.05, 0.1) is 6.42 Å². The van der Waals surface area contributed by atoms with Gasteiger partial charge in [0.2, 0.25) is 5.91 Å². The molecule has 2 aromatic carbocycles. The zero-order valence-corrected chi connectivity index (χ0v) is 16.1. The first-order valence-corrected chi connectivity index (χ1v) is 10.1. The molecule has 4 rings (SSSR count). The van der Waals surface area contributed by atoms with Crippen LogP contribution in [0.1, 0.15) is 18.4 Å². The minimum Gasteiger partial charge on any atom is -0.381 e. The van der Waals surface area contributed by atoms with E-state index in [2.05, 4.69) is 4.90 Å². The number of benzene rings is 2. The van der Waals surface area contributed by atoms with Gasteiger partial charge in [-0.15, -0.1) is 0 Å². The zero-order valence-electron chi connectivity index (χ0n) is 16.1. The summed E-state index contributed by atoms with van der Waals surface area (Å²) in [4.78, 5) is 17.2. The van der Waals surface area contributed by atoms with Crippen molar-refractivity contribution in [1.82, 2.24) is 9.80 Å². The summed E-state index contributed by atoms with van der Waals surface area (Å²) in [5.41, 5.74) is 3.02. The second-order valence-electron chi connectivity index (χ2n) is 7.64. The van der Waals surface area contributed by atoms with Gasteiger partial charge in [0.15, 0.2) is 0 Å². The quantitative estimate of drug-likeness (QED) is 0.813. The Labute approximate surface area is 165 Å². The summed E-state index contributed by atoms with van der Waals surface area (Å²) in [5.74, 6) is -0.0379. The number of ether oxygens (including phenoxy) is 1. The lowest BCUT2D eigenvalue weighted by Gasteiger charge is -2.40. The predicted octanol–water partition coefficient (Wildman–Crippen LogP) is 3.36. The maximum atomic E-state index is 13.1. The Morgan fingerprint density at radius 3 is 2.07 bits per heavy atom. The van der Waals surface area contributed by atoms with Gasteiger partial charge < -0.3 is 9.64 Å². The van der Waals surface area contributed by atoms with E-state index >= 15 is 0 Å². The number of amides is 1. The van der Waals surface area contributed by atoms with Gasteiger partial charge >= 0.3 is 0 Å². The van der Waals surface area contributed by atoms with Crippen LogP contribution in [-0.4, -0.2) is 61.1 Å². The first-order valence-electron chi connectivity index (χ1n) is 10.1. The molecule has 0 saturated carbocycles. The van der Waals surface area contributed by atoms with E-state index in [9.17, 15) is 9.18 Å². The third-order valence-corrected chi connectivity index (χ3v) is 5.86. The molecule has 0 N–H and O–H groups in total. The van der Waals surface area contributed by atoms with Crippen molar-refractivity contribution in [2.75, 3.05) is 39.4 Å². The summed E-state index contributed by atoms with van der Waals surface area (Å²) in [6.45, 7) is 5.25. The molecular formula is C23H27FN2O2. The van der Waals surface area contributed by atoms with Gasteiger partial charge in [0.1, 0.15) is 5.82 Å². The standard InChI is InChI=1S/C23H27FN2O2/c24-21-7-5-20(6-8-21)19-3-1-18(2-4-19)17-23(27)26-13-11-25(12-14-26)22-9-15-28-16-10-22/h1-8,22H,9-17H2. The van der Waals surface area contributed by atoms with E-state index in [-0.39, 0.29) is 11.7 Å². The number of carbonyl (C=O) groups is 1. The molecule has 0 radical (unpaired) electrons. The predicted molar refractivity (Wildman–Crippen MR) is 108 cm³/mol. The van der Waals surface area contributed by atoms with E-state index in [1.54, 1.807) is 12.1 Å². The summed E-state index contributed by atoms with van der Waals surface area (Å²) >= 11 is 0. The molecule has 148 valence electrons. The lowest BCUT2D eigenvalue weighted by Crippen LogP contribution is -2.53. The summed E-state index contributed by atoms with van der Waals surface area (Å²) in [6.07, 6.45) is 2.64. The fraction of sp³-hybridized carbons (Fsp3) is 0.435. The Kier molecular flexibility index (Phi) is 6.03. The monoisotopic (exact) mass is 382 g/mol. The van der Waals surface area contributed by atoms with Crippen LogP contribution in [0, 0.1) is 5.82 Å². The SMILES string of the molecule is O=C(Cc1ccc(-c2ccc(F)cc2)cc1)N1CCN(C2CCOCC2)CC1. The summed E-state index contributed by atoms with van der Waals surface area (Å²) < 4.78 is 18.5. The minimum absolute atomic E-state index is 0.196. The molecule has 0 aliphatic carbocycles. The van der Waals surface area contributed by atoms with E-state index in [1.807, 2.05) is 29.2 Å². The minimum atomic E-state index is -0.233. The van der Waals surface area contributed by atoms with Crippen LogP contribution in [0.3, 0.4) is 0 Å². The molecule has 28 heavy (non-hydrogen) atoms. The third-order valence-electron chi connectivity index (χ3n) is 5.86. The normalized spacial score (nSPS) is 19.0. The van der Waals surface area contributed by atoms with Crippen LogP contribution in [0.25, 0.3) is 11.1 Å². The Hall–Kier alpha value is -2.24. The number of piperazine rings is 1. The van der Waals surface area contributed by atoms with Crippen LogP contribution >= 0.6 is 0 Å². The van der Waals surface area contributed by atoms with Crippen LogP contribution in [0.5, 0.6) is 0 Å². The number of nitrogens with zero attached hydrogens (tertiary/aromatic N) is 2. The Morgan fingerprint density at radius 1 is 0.893 bits per heavy atom. The van der Waals surface area contributed by atoms with E-state index in [1.165, 1.54) is 12.1 Å². The highest BCUT2D eigenvalue weighted by Crippen LogP contribution is 2.21. The summed E-state index contributed by atoms with van der Waals surface area (Å²) in [7, 11) is 0. The lowest BCUT2D eigenvalue weighted by atomic mass is 10.0. The maximum Gasteiger partial charge on any atom is 0.227 e. The summed E-state index contributed by atoms with van der Waals surface area (Å²) in [5, 5.41) is 0. The molecule has 2 aliphatic rings.